The summed E-state index contributed by atoms with van der Waals surface area (Å²) >= 11 is 2.66. The molecule has 0 saturated carbocycles. The van der Waals surface area contributed by atoms with Crippen molar-refractivity contribution in [3.63, 3.8) is 0 Å². The number of hydrogen-bond acceptors (Lipinski definition) is 18. The Labute approximate surface area is 476 Å². The van der Waals surface area contributed by atoms with E-state index in [0.717, 1.165) is 51.2 Å². The summed E-state index contributed by atoms with van der Waals surface area (Å²) < 4.78 is 17.7. The predicted octanol–water partition coefficient (Wildman–Crippen LogP) is 11.0. The summed E-state index contributed by atoms with van der Waals surface area (Å²) in [5.41, 5.74) is 11.0. The molecule has 2 fully saturated rings. The Morgan fingerprint density at radius 1 is 0.667 bits per heavy atom. The highest BCUT2D eigenvalue weighted by Gasteiger charge is 2.31. The Bertz CT molecular complexity index is 3470. The first-order valence-electron chi connectivity index (χ1n) is 26.3. The van der Waals surface area contributed by atoms with Crippen molar-refractivity contribution >= 4 is 103 Å². The third kappa shape index (κ3) is 15.0. The van der Waals surface area contributed by atoms with E-state index in [1.165, 1.54) is 44.0 Å². The number of rotatable bonds is 9. The molecule has 23 nitrogen and oxygen atoms in total. The smallest absolute Gasteiger partial charge is 0.435 e. The van der Waals surface area contributed by atoms with Crippen LogP contribution < -0.4 is 31.9 Å². The number of amides is 6. The number of alkyl carbamates (subject to hydrolysis) is 1. The molecule has 81 heavy (non-hydrogen) atoms. The molecule has 0 radical (unpaired) electrons. The van der Waals surface area contributed by atoms with Crippen LogP contribution in [0, 0.1) is 0 Å². The van der Waals surface area contributed by atoms with Crippen molar-refractivity contribution in [3.8, 4) is 21.1 Å². The van der Waals surface area contributed by atoms with Gasteiger partial charge in [0.15, 0.2) is 0 Å². The van der Waals surface area contributed by atoms with Gasteiger partial charge >= 0.3 is 30.3 Å². The average Bonchev–Trinajstić information content (AvgIpc) is 4.32. The van der Waals surface area contributed by atoms with Gasteiger partial charge in [-0.15, -0.1) is 20.4 Å². The minimum Gasteiger partial charge on any atom is -0.444 e. The number of benzene rings is 4. The van der Waals surface area contributed by atoms with Gasteiger partial charge in [0.1, 0.15) is 26.8 Å². The molecule has 2 atom stereocenters. The van der Waals surface area contributed by atoms with Gasteiger partial charge in [-0.05, 0) is 165 Å². The Morgan fingerprint density at radius 3 is 1.90 bits per heavy atom. The molecule has 0 bridgehead atoms. The van der Waals surface area contributed by atoms with Crippen LogP contribution in [0.1, 0.15) is 86.3 Å². The van der Waals surface area contributed by atoms with Crippen molar-refractivity contribution in [2.24, 2.45) is 10.7 Å². The molecule has 2 unspecified atom stereocenters. The molecule has 6 N–H and O–H groups in total. The first kappa shape index (κ1) is 57.1. The predicted molar refractivity (Wildman–Crippen MR) is 313 cm³/mol. The number of aliphatic imine (C=N–C) groups is 1. The number of hydrogen-bond donors (Lipinski definition) is 5. The van der Waals surface area contributed by atoms with Gasteiger partial charge in [-0.3, -0.25) is 4.99 Å². The van der Waals surface area contributed by atoms with Crippen LogP contribution in [0.5, 0.6) is 0 Å². The SMILES string of the molecule is CC(C)(C)OC(=O)NC1CCN(C(=O)Nc2ccc(-c3nnc(N(C(=O)OC(C)(C)C)c4ccc5c(cnn5C(=O)OC(C)(C)C)c4)s3)cc2)C1.NC1CCN(C(=O)Nc2ccc(-c3nnc(Nc4ccc5c(c4)C=NC5)s3)cc2)C1. The Morgan fingerprint density at radius 2 is 1.27 bits per heavy atom. The largest absolute Gasteiger partial charge is 0.444 e. The van der Waals surface area contributed by atoms with Crippen molar-refractivity contribution in [2.75, 3.05) is 47.0 Å². The van der Waals surface area contributed by atoms with E-state index in [0.29, 0.717) is 59.9 Å². The van der Waals surface area contributed by atoms with Crippen LogP contribution in [-0.4, -0.2) is 132 Å². The maximum atomic E-state index is 13.6. The van der Waals surface area contributed by atoms with Crippen LogP contribution in [0.3, 0.4) is 0 Å². The fraction of sp³-hybridized carbons (Fsp3) is 0.375. The number of urea groups is 2. The molecule has 7 aromatic rings. The molecule has 3 aliphatic rings. The van der Waals surface area contributed by atoms with Gasteiger partial charge in [0.2, 0.25) is 10.3 Å². The molecule has 2 saturated heterocycles. The van der Waals surface area contributed by atoms with E-state index in [4.69, 9.17) is 19.9 Å². The summed E-state index contributed by atoms with van der Waals surface area (Å²) in [6.07, 6.45) is 3.09. The topological polar surface area (TPSA) is 279 Å². The van der Waals surface area contributed by atoms with E-state index >= 15 is 0 Å². The van der Waals surface area contributed by atoms with Crippen LogP contribution in [0.4, 0.5) is 57.0 Å². The van der Waals surface area contributed by atoms with Crippen LogP contribution >= 0.6 is 22.7 Å². The maximum absolute atomic E-state index is 13.6. The third-order valence-electron chi connectivity index (χ3n) is 12.3. The van der Waals surface area contributed by atoms with E-state index in [2.05, 4.69) is 63.9 Å². The first-order chi connectivity index (χ1) is 38.4. The number of carbonyl (C=O) groups excluding carboxylic acids is 5. The van der Waals surface area contributed by atoms with Crippen LogP contribution in [0.25, 0.3) is 32.0 Å². The molecule has 3 aliphatic heterocycles. The minimum atomic E-state index is -0.792. The second kappa shape index (κ2) is 23.7. The summed E-state index contributed by atoms with van der Waals surface area (Å²) in [6, 6.07) is 25.4. The number of fused-ring (bicyclic) bond motifs is 2. The van der Waals surface area contributed by atoms with Gasteiger partial charge in [-0.2, -0.15) is 9.78 Å². The van der Waals surface area contributed by atoms with Crippen molar-refractivity contribution < 1.29 is 38.2 Å². The summed E-state index contributed by atoms with van der Waals surface area (Å²) in [5.74, 6) is 0. The van der Waals surface area contributed by atoms with Gasteiger partial charge < -0.3 is 51.0 Å². The monoisotopic (exact) mass is 1140 g/mol. The van der Waals surface area contributed by atoms with Crippen molar-refractivity contribution in [3.05, 3.63) is 102 Å². The number of likely N-dealkylation sites (tertiary alicyclic amines) is 2. The van der Waals surface area contributed by atoms with E-state index in [1.54, 1.807) is 115 Å². The molecular formula is C56H65N15O8S2. The second-order valence-electron chi connectivity index (χ2n) is 22.5. The molecule has 0 aliphatic carbocycles. The van der Waals surface area contributed by atoms with E-state index in [-0.39, 0.29) is 29.3 Å². The van der Waals surface area contributed by atoms with Crippen LogP contribution in [0.15, 0.2) is 96.1 Å². The molecule has 424 valence electrons. The summed E-state index contributed by atoms with van der Waals surface area (Å²) in [4.78, 5) is 72.7. The average molecular weight is 1140 g/mol. The van der Waals surface area contributed by atoms with Gasteiger partial charge in [0, 0.05) is 72.0 Å². The summed E-state index contributed by atoms with van der Waals surface area (Å²) in [6.45, 7) is 18.9. The van der Waals surface area contributed by atoms with Crippen molar-refractivity contribution in [1.82, 2.24) is 45.3 Å². The van der Waals surface area contributed by atoms with Crippen molar-refractivity contribution in [1.29, 1.82) is 0 Å². The lowest BCUT2D eigenvalue weighted by molar-refractivity contribution is 0.0500. The summed E-state index contributed by atoms with van der Waals surface area (Å²) in [5, 5.41) is 36.3. The standard InChI is InChI=1S/C35H44N8O7S.C21H21N7OS/c1-33(2,3)48-30(45)38-24-16-17-41(20-24)28(44)37-23-12-10-21(11-13-23)27-39-40-29(51-27)42(31(46)49-34(4,5)6)25-14-15-26-22(18-25)19-36-43(26)32(47)50-35(7,8)9;22-16-7-8-28(12-16)21(29)25-17-4-1-13(2-5-17)19-26-27-20(30-19)24-18-6-3-14-10-23-11-15(14)9-18/h10-15,18-19,24H,16-17,20H2,1-9H3,(H,37,44)(H,38,45);1-6,9,11,16H,7-8,10,12,22H2,(H,24,27)(H,25,29). The van der Waals surface area contributed by atoms with E-state index in [9.17, 15) is 24.0 Å². The van der Waals surface area contributed by atoms with Gasteiger partial charge in [0.05, 0.1) is 30.0 Å². The number of nitrogens with zero attached hydrogens (tertiary/aromatic N) is 10. The number of carbonyl (C=O) groups is 5. The molecular weight excluding hydrogens is 1070 g/mol. The molecule has 4 aromatic carbocycles. The summed E-state index contributed by atoms with van der Waals surface area (Å²) in [7, 11) is 0. The molecule has 6 amide bonds. The Balaban J connectivity index is 0.000000222. The molecule has 25 heteroatoms. The van der Waals surface area contributed by atoms with Crippen LogP contribution in [0.2, 0.25) is 0 Å². The number of anilines is 6. The number of ether oxygens (including phenoxy) is 3. The fourth-order valence-corrected chi connectivity index (χ4v) is 10.3. The number of nitrogens with two attached hydrogens (primary N) is 1. The zero-order valence-electron chi connectivity index (χ0n) is 46.5. The lowest BCUT2D eigenvalue weighted by Crippen LogP contribution is -2.42. The van der Waals surface area contributed by atoms with Crippen LogP contribution in [-0.2, 0) is 20.8 Å². The maximum Gasteiger partial charge on any atom is 0.435 e. The zero-order chi connectivity index (χ0) is 57.8. The second-order valence-corrected chi connectivity index (χ2v) is 24.4. The van der Waals surface area contributed by atoms with Gasteiger partial charge in [0.25, 0.3) is 0 Å². The fourth-order valence-electron chi connectivity index (χ4n) is 8.63. The first-order valence-corrected chi connectivity index (χ1v) is 27.9. The lowest BCUT2D eigenvalue weighted by Gasteiger charge is -2.25. The quantitative estimate of drug-likeness (QED) is 0.0840. The van der Waals surface area contributed by atoms with Gasteiger partial charge in [-0.25, -0.2) is 28.9 Å². The minimum absolute atomic E-state index is 0.0725. The van der Waals surface area contributed by atoms with E-state index < -0.39 is 35.1 Å². The molecule has 10 rings (SSSR count). The zero-order valence-corrected chi connectivity index (χ0v) is 48.1. The third-order valence-corrected chi connectivity index (χ3v) is 14.2. The molecule has 6 heterocycles. The number of aromatic nitrogens is 6. The number of nitrogens with one attached hydrogen (secondary N) is 4. The molecule has 0 spiro atoms. The highest BCUT2D eigenvalue weighted by molar-refractivity contribution is 7.19. The van der Waals surface area contributed by atoms with E-state index in [1.807, 2.05) is 36.5 Å². The highest BCUT2D eigenvalue weighted by Crippen LogP contribution is 2.37. The lowest BCUT2D eigenvalue weighted by atomic mass is 10.1. The Kier molecular flexibility index (Phi) is 16.7. The Hall–Kier alpha value is -8.55. The highest BCUT2D eigenvalue weighted by atomic mass is 32.1. The van der Waals surface area contributed by atoms with Crippen molar-refractivity contribution in [2.45, 2.75) is 111 Å². The molecule has 3 aromatic heterocycles. The normalized spacial score (nSPS) is 15.8. The van der Waals surface area contributed by atoms with Gasteiger partial charge in [-0.1, -0.05) is 28.7 Å².